The van der Waals surface area contributed by atoms with E-state index in [0.29, 0.717) is 10.9 Å². The summed E-state index contributed by atoms with van der Waals surface area (Å²) in [5, 5.41) is 9.20. The molecule has 0 amide bonds. The molecule has 1 aromatic rings. The zero-order chi connectivity index (χ0) is 11.4. The average Bonchev–Trinajstić information content (AvgIpc) is 2.20. The van der Waals surface area contributed by atoms with E-state index in [1.165, 1.54) is 6.07 Å². The summed E-state index contributed by atoms with van der Waals surface area (Å²) in [5.41, 5.74) is 0. The minimum absolute atomic E-state index is 0.0523. The standard InChI is InChI=1S/C10H11BrF2O2/c1-2-7(14)5-15-9-4-6(11)3-8(12)10(9)13/h3-4,7,14H,2,5H2,1H3. The van der Waals surface area contributed by atoms with E-state index in [1.54, 1.807) is 6.92 Å². The Labute approximate surface area is 95.0 Å². The predicted molar refractivity (Wildman–Crippen MR) is 55.9 cm³/mol. The summed E-state index contributed by atoms with van der Waals surface area (Å²) in [6.07, 6.45) is -0.176. The fourth-order valence-corrected chi connectivity index (χ4v) is 1.35. The van der Waals surface area contributed by atoms with E-state index in [0.717, 1.165) is 6.07 Å². The predicted octanol–water partition coefficient (Wildman–Crippen LogP) is 2.88. The van der Waals surface area contributed by atoms with Crippen LogP contribution in [-0.4, -0.2) is 17.8 Å². The van der Waals surface area contributed by atoms with E-state index < -0.39 is 17.7 Å². The normalized spacial score (nSPS) is 12.6. The van der Waals surface area contributed by atoms with Crippen LogP contribution in [0.1, 0.15) is 13.3 Å². The maximum absolute atomic E-state index is 13.1. The average molecular weight is 281 g/mol. The van der Waals surface area contributed by atoms with Gasteiger partial charge in [-0.3, -0.25) is 0 Å². The Kier molecular flexibility index (Phi) is 4.47. The van der Waals surface area contributed by atoms with E-state index in [4.69, 9.17) is 4.74 Å². The molecule has 0 heterocycles. The lowest BCUT2D eigenvalue weighted by atomic mass is 10.3. The maximum Gasteiger partial charge on any atom is 0.200 e. The van der Waals surface area contributed by atoms with Crippen molar-refractivity contribution in [2.45, 2.75) is 19.4 Å². The van der Waals surface area contributed by atoms with Crippen LogP contribution in [0.5, 0.6) is 5.75 Å². The highest BCUT2D eigenvalue weighted by Gasteiger charge is 2.12. The first-order chi connectivity index (χ1) is 7.04. The van der Waals surface area contributed by atoms with Crippen molar-refractivity contribution in [3.05, 3.63) is 28.2 Å². The van der Waals surface area contributed by atoms with Crippen molar-refractivity contribution in [1.29, 1.82) is 0 Å². The van der Waals surface area contributed by atoms with Crippen LogP contribution >= 0.6 is 15.9 Å². The Morgan fingerprint density at radius 3 is 2.73 bits per heavy atom. The highest BCUT2D eigenvalue weighted by Crippen LogP contribution is 2.25. The van der Waals surface area contributed by atoms with Gasteiger partial charge in [0.1, 0.15) is 6.61 Å². The van der Waals surface area contributed by atoms with Gasteiger partial charge in [-0.2, -0.15) is 4.39 Å². The number of aliphatic hydroxyl groups is 1. The quantitative estimate of drug-likeness (QED) is 0.860. The number of rotatable bonds is 4. The molecule has 1 N–H and O–H groups in total. The van der Waals surface area contributed by atoms with Crippen molar-refractivity contribution < 1.29 is 18.6 Å². The van der Waals surface area contributed by atoms with Gasteiger partial charge in [0.15, 0.2) is 11.6 Å². The summed E-state index contributed by atoms with van der Waals surface area (Å²) in [6, 6.07) is 2.33. The van der Waals surface area contributed by atoms with Crippen molar-refractivity contribution >= 4 is 15.9 Å². The number of ether oxygens (including phenoxy) is 1. The molecule has 1 unspecified atom stereocenters. The molecule has 0 fully saturated rings. The number of hydrogen-bond acceptors (Lipinski definition) is 2. The van der Waals surface area contributed by atoms with Crippen molar-refractivity contribution in [3.63, 3.8) is 0 Å². The minimum atomic E-state index is -1.04. The van der Waals surface area contributed by atoms with Gasteiger partial charge in [-0.1, -0.05) is 22.9 Å². The largest absolute Gasteiger partial charge is 0.488 e. The van der Waals surface area contributed by atoms with E-state index in [9.17, 15) is 13.9 Å². The molecule has 0 spiro atoms. The van der Waals surface area contributed by atoms with Gasteiger partial charge in [0, 0.05) is 4.47 Å². The molecule has 1 rings (SSSR count). The maximum atomic E-state index is 13.1. The summed E-state index contributed by atoms with van der Waals surface area (Å²) in [6.45, 7) is 1.72. The highest BCUT2D eigenvalue weighted by molar-refractivity contribution is 9.10. The van der Waals surface area contributed by atoms with Gasteiger partial charge in [0.05, 0.1) is 6.10 Å². The van der Waals surface area contributed by atoms with Crippen LogP contribution in [0, 0.1) is 11.6 Å². The van der Waals surface area contributed by atoms with Crippen LogP contribution in [0.15, 0.2) is 16.6 Å². The van der Waals surface area contributed by atoms with Gasteiger partial charge < -0.3 is 9.84 Å². The van der Waals surface area contributed by atoms with Gasteiger partial charge in [-0.15, -0.1) is 0 Å². The first-order valence-electron chi connectivity index (χ1n) is 4.50. The van der Waals surface area contributed by atoms with Crippen molar-refractivity contribution in [3.8, 4) is 5.75 Å². The molecule has 0 bridgehead atoms. The summed E-state index contributed by atoms with van der Waals surface area (Å²) in [4.78, 5) is 0. The Morgan fingerprint density at radius 1 is 1.47 bits per heavy atom. The molecule has 0 aromatic heterocycles. The lowest BCUT2D eigenvalue weighted by Crippen LogP contribution is -2.16. The molecule has 15 heavy (non-hydrogen) atoms. The number of hydrogen-bond donors (Lipinski definition) is 1. The van der Waals surface area contributed by atoms with E-state index >= 15 is 0 Å². The van der Waals surface area contributed by atoms with Crippen LogP contribution in [0.25, 0.3) is 0 Å². The molecule has 0 saturated carbocycles. The van der Waals surface area contributed by atoms with Gasteiger partial charge in [-0.25, -0.2) is 4.39 Å². The van der Waals surface area contributed by atoms with Crippen molar-refractivity contribution in [2.75, 3.05) is 6.61 Å². The van der Waals surface area contributed by atoms with E-state index in [2.05, 4.69) is 15.9 Å². The third-order valence-corrected chi connectivity index (χ3v) is 2.32. The second-order valence-electron chi connectivity index (χ2n) is 3.07. The summed E-state index contributed by atoms with van der Waals surface area (Å²) < 4.78 is 31.4. The summed E-state index contributed by atoms with van der Waals surface area (Å²) >= 11 is 3.02. The fraction of sp³-hybridized carbons (Fsp3) is 0.400. The van der Waals surface area contributed by atoms with Gasteiger partial charge >= 0.3 is 0 Å². The van der Waals surface area contributed by atoms with Crippen molar-refractivity contribution in [1.82, 2.24) is 0 Å². The number of aliphatic hydroxyl groups excluding tert-OH is 1. The monoisotopic (exact) mass is 280 g/mol. The molecule has 1 aromatic carbocycles. The van der Waals surface area contributed by atoms with Gasteiger partial charge in [-0.05, 0) is 18.6 Å². The van der Waals surface area contributed by atoms with Gasteiger partial charge in [0.2, 0.25) is 5.82 Å². The Hall–Kier alpha value is -0.680. The second kappa shape index (κ2) is 5.42. The lowest BCUT2D eigenvalue weighted by molar-refractivity contribution is 0.101. The smallest absolute Gasteiger partial charge is 0.200 e. The van der Waals surface area contributed by atoms with E-state index in [-0.39, 0.29) is 12.4 Å². The minimum Gasteiger partial charge on any atom is -0.488 e. The SMILES string of the molecule is CCC(O)COc1cc(Br)cc(F)c1F. The Morgan fingerprint density at radius 2 is 2.13 bits per heavy atom. The molecule has 0 saturated heterocycles. The molecule has 1 atom stereocenters. The highest BCUT2D eigenvalue weighted by atomic mass is 79.9. The molecule has 2 nitrogen and oxygen atoms in total. The van der Waals surface area contributed by atoms with Crippen LogP contribution in [0.3, 0.4) is 0 Å². The molecule has 0 radical (unpaired) electrons. The van der Waals surface area contributed by atoms with Crippen LogP contribution in [0.2, 0.25) is 0 Å². The molecular formula is C10H11BrF2O2. The van der Waals surface area contributed by atoms with E-state index in [1.807, 2.05) is 0 Å². The molecule has 5 heteroatoms. The molecule has 84 valence electrons. The first-order valence-corrected chi connectivity index (χ1v) is 5.29. The van der Waals surface area contributed by atoms with Crippen LogP contribution in [-0.2, 0) is 0 Å². The zero-order valence-electron chi connectivity index (χ0n) is 8.14. The summed E-state index contributed by atoms with van der Waals surface area (Å²) in [5.74, 6) is -2.22. The lowest BCUT2D eigenvalue weighted by Gasteiger charge is -2.11. The third kappa shape index (κ3) is 3.43. The van der Waals surface area contributed by atoms with Crippen molar-refractivity contribution in [2.24, 2.45) is 0 Å². The fourth-order valence-electron chi connectivity index (χ4n) is 0.941. The van der Waals surface area contributed by atoms with Crippen LogP contribution in [0.4, 0.5) is 8.78 Å². The topological polar surface area (TPSA) is 29.5 Å². The van der Waals surface area contributed by atoms with Gasteiger partial charge in [0.25, 0.3) is 0 Å². The zero-order valence-corrected chi connectivity index (χ0v) is 9.72. The number of benzene rings is 1. The molecule has 0 aliphatic heterocycles. The Bertz CT molecular complexity index is 344. The Balaban J connectivity index is 2.76. The first kappa shape index (κ1) is 12.4. The molecular weight excluding hydrogens is 270 g/mol. The molecule has 0 aliphatic rings. The van der Waals surface area contributed by atoms with Crippen LogP contribution < -0.4 is 4.74 Å². The third-order valence-electron chi connectivity index (χ3n) is 1.86. The second-order valence-corrected chi connectivity index (χ2v) is 3.99. The summed E-state index contributed by atoms with van der Waals surface area (Å²) in [7, 11) is 0. The molecule has 0 aliphatic carbocycles. The number of halogens is 3.